The summed E-state index contributed by atoms with van der Waals surface area (Å²) >= 11 is 0. The monoisotopic (exact) mass is 223 g/mol. The highest BCUT2D eigenvalue weighted by Crippen LogP contribution is 2.26. The van der Waals surface area contributed by atoms with Crippen LogP contribution in [0.4, 0.5) is 5.69 Å². The van der Waals surface area contributed by atoms with E-state index in [1.165, 1.54) is 0 Å². The Bertz CT molecular complexity index is 325. The number of hydrogen-bond acceptors (Lipinski definition) is 3. The Labute approximate surface area is 97.7 Å². The maximum absolute atomic E-state index is 9.71. The van der Waals surface area contributed by atoms with Crippen LogP contribution in [0.2, 0.25) is 0 Å². The fourth-order valence-electron chi connectivity index (χ4n) is 1.75. The molecule has 1 N–H and O–H groups in total. The molecule has 3 nitrogen and oxygen atoms in total. The summed E-state index contributed by atoms with van der Waals surface area (Å²) in [5, 5.41) is 9.71. The van der Waals surface area contributed by atoms with Gasteiger partial charge in [-0.2, -0.15) is 0 Å². The average molecular weight is 223 g/mol. The minimum Gasteiger partial charge on any atom is -0.389 e. The van der Waals surface area contributed by atoms with Gasteiger partial charge in [0, 0.05) is 31.5 Å². The summed E-state index contributed by atoms with van der Waals surface area (Å²) in [6, 6.07) is 8.19. The van der Waals surface area contributed by atoms with Gasteiger partial charge in [-0.1, -0.05) is 18.2 Å². The normalized spacial score (nSPS) is 14.6. The fraction of sp³-hybridized carbons (Fsp3) is 0.538. The van der Waals surface area contributed by atoms with Crippen molar-refractivity contribution in [3.05, 3.63) is 29.8 Å². The van der Waals surface area contributed by atoms with E-state index in [1.54, 1.807) is 14.0 Å². The second kappa shape index (κ2) is 5.87. The Balaban J connectivity index is 2.93. The molecule has 2 unspecified atom stereocenters. The molecule has 0 spiro atoms. The highest BCUT2D eigenvalue weighted by molar-refractivity contribution is 5.54. The van der Waals surface area contributed by atoms with Crippen LogP contribution in [-0.4, -0.2) is 31.9 Å². The molecule has 0 aliphatic heterocycles. The lowest BCUT2D eigenvalue weighted by molar-refractivity contribution is 0.182. The molecule has 0 aromatic heterocycles. The van der Waals surface area contributed by atoms with Crippen molar-refractivity contribution < 1.29 is 9.84 Å². The number of aliphatic hydroxyl groups excluding tert-OH is 1. The van der Waals surface area contributed by atoms with Crippen LogP contribution in [0.5, 0.6) is 0 Å². The summed E-state index contributed by atoms with van der Waals surface area (Å²) in [6.07, 6.45) is -0.451. The van der Waals surface area contributed by atoms with Gasteiger partial charge in [0.2, 0.25) is 0 Å². The molecule has 0 radical (unpaired) electrons. The third-order valence-electron chi connectivity index (χ3n) is 2.84. The molecule has 90 valence electrons. The number of ether oxygens (including phenoxy) is 1. The molecule has 1 rings (SSSR count). The van der Waals surface area contributed by atoms with E-state index in [0.717, 1.165) is 11.3 Å². The topological polar surface area (TPSA) is 32.7 Å². The van der Waals surface area contributed by atoms with Crippen molar-refractivity contribution in [1.29, 1.82) is 0 Å². The molecule has 16 heavy (non-hydrogen) atoms. The minimum atomic E-state index is -0.451. The van der Waals surface area contributed by atoms with Crippen LogP contribution < -0.4 is 4.90 Å². The molecule has 0 saturated heterocycles. The van der Waals surface area contributed by atoms with E-state index in [1.807, 2.05) is 31.3 Å². The van der Waals surface area contributed by atoms with Crippen LogP contribution in [-0.2, 0) is 4.74 Å². The number of likely N-dealkylation sites (N-methyl/N-ethyl adjacent to an activating group) is 1. The lowest BCUT2D eigenvalue weighted by atomic mass is 10.1. The molecular formula is C13H21NO2. The smallest absolute Gasteiger partial charge is 0.0781 e. The minimum absolute atomic E-state index is 0.282. The van der Waals surface area contributed by atoms with Gasteiger partial charge in [0.25, 0.3) is 0 Å². The SMILES string of the molecule is COCC(C)N(C)c1ccccc1C(C)O. The first-order valence-electron chi connectivity index (χ1n) is 5.56. The number of methoxy groups -OCH3 is 1. The number of hydrogen-bond donors (Lipinski definition) is 1. The van der Waals surface area contributed by atoms with Gasteiger partial charge in [-0.3, -0.25) is 0 Å². The first kappa shape index (κ1) is 13.0. The van der Waals surface area contributed by atoms with Crippen molar-refractivity contribution in [1.82, 2.24) is 0 Å². The third-order valence-corrected chi connectivity index (χ3v) is 2.84. The van der Waals surface area contributed by atoms with Gasteiger partial charge in [0.1, 0.15) is 0 Å². The molecule has 0 amide bonds. The van der Waals surface area contributed by atoms with Crippen LogP contribution in [0.3, 0.4) is 0 Å². The molecule has 1 aromatic carbocycles. The highest BCUT2D eigenvalue weighted by Gasteiger charge is 2.15. The molecule has 0 aliphatic rings. The molecule has 2 atom stereocenters. The molecule has 1 aromatic rings. The lowest BCUT2D eigenvalue weighted by Crippen LogP contribution is -2.33. The Morgan fingerprint density at radius 3 is 2.50 bits per heavy atom. The summed E-state index contributed by atoms with van der Waals surface area (Å²) in [5.41, 5.74) is 2.01. The lowest BCUT2D eigenvalue weighted by Gasteiger charge is -2.29. The van der Waals surface area contributed by atoms with E-state index in [-0.39, 0.29) is 6.04 Å². The van der Waals surface area contributed by atoms with Gasteiger partial charge >= 0.3 is 0 Å². The summed E-state index contributed by atoms with van der Waals surface area (Å²) < 4.78 is 5.14. The van der Waals surface area contributed by atoms with Crippen molar-refractivity contribution in [2.24, 2.45) is 0 Å². The highest BCUT2D eigenvalue weighted by atomic mass is 16.5. The van der Waals surface area contributed by atoms with E-state index in [0.29, 0.717) is 6.61 Å². The molecular weight excluding hydrogens is 202 g/mol. The maximum Gasteiger partial charge on any atom is 0.0781 e. The summed E-state index contributed by atoms with van der Waals surface area (Å²) in [7, 11) is 3.72. The predicted octanol–water partition coefficient (Wildman–Crippen LogP) is 2.21. The van der Waals surface area contributed by atoms with Crippen LogP contribution in [0.1, 0.15) is 25.5 Å². The van der Waals surface area contributed by atoms with Crippen molar-refractivity contribution in [3.8, 4) is 0 Å². The quantitative estimate of drug-likeness (QED) is 0.830. The van der Waals surface area contributed by atoms with Crippen LogP contribution in [0.25, 0.3) is 0 Å². The van der Waals surface area contributed by atoms with Crippen LogP contribution in [0, 0.1) is 0 Å². The summed E-state index contributed by atoms with van der Waals surface area (Å²) in [5.74, 6) is 0. The maximum atomic E-state index is 9.71. The third kappa shape index (κ3) is 2.97. The standard InChI is InChI=1S/C13H21NO2/c1-10(9-16-4)14(3)13-8-6-5-7-12(13)11(2)15/h5-8,10-11,15H,9H2,1-4H3. The van der Waals surface area contributed by atoms with Gasteiger partial charge in [-0.25, -0.2) is 0 Å². The Kier molecular flexibility index (Phi) is 4.77. The zero-order valence-electron chi connectivity index (χ0n) is 10.5. The van der Waals surface area contributed by atoms with Gasteiger partial charge in [0.05, 0.1) is 12.7 Å². The number of nitrogens with zero attached hydrogens (tertiary/aromatic N) is 1. The molecule has 0 fully saturated rings. The van der Waals surface area contributed by atoms with E-state index < -0.39 is 6.10 Å². The molecule has 0 saturated carbocycles. The number of benzene rings is 1. The second-order valence-corrected chi connectivity index (χ2v) is 4.15. The van der Waals surface area contributed by atoms with Gasteiger partial charge in [-0.05, 0) is 19.9 Å². The van der Waals surface area contributed by atoms with Gasteiger partial charge < -0.3 is 14.7 Å². The Hall–Kier alpha value is -1.06. The summed E-state index contributed by atoms with van der Waals surface area (Å²) in [4.78, 5) is 2.13. The number of rotatable bonds is 5. The summed E-state index contributed by atoms with van der Waals surface area (Å²) in [6.45, 7) is 4.56. The van der Waals surface area contributed by atoms with E-state index >= 15 is 0 Å². The second-order valence-electron chi connectivity index (χ2n) is 4.15. The van der Waals surface area contributed by atoms with E-state index in [2.05, 4.69) is 11.8 Å². The fourth-order valence-corrected chi connectivity index (χ4v) is 1.75. The number of para-hydroxylation sites is 1. The van der Waals surface area contributed by atoms with E-state index in [9.17, 15) is 5.11 Å². The zero-order valence-corrected chi connectivity index (χ0v) is 10.5. The van der Waals surface area contributed by atoms with Crippen molar-refractivity contribution >= 4 is 5.69 Å². The molecule has 3 heteroatoms. The van der Waals surface area contributed by atoms with Gasteiger partial charge in [0.15, 0.2) is 0 Å². The van der Waals surface area contributed by atoms with E-state index in [4.69, 9.17) is 4.74 Å². The van der Waals surface area contributed by atoms with Crippen LogP contribution in [0.15, 0.2) is 24.3 Å². The Morgan fingerprint density at radius 1 is 1.31 bits per heavy atom. The number of anilines is 1. The number of aliphatic hydroxyl groups is 1. The van der Waals surface area contributed by atoms with Crippen LogP contribution >= 0.6 is 0 Å². The Morgan fingerprint density at radius 2 is 1.94 bits per heavy atom. The first-order valence-corrected chi connectivity index (χ1v) is 5.56. The first-order chi connectivity index (χ1) is 7.57. The predicted molar refractivity (Wildman–Crippen MR) is 66.8 cm³/mol. The van der Waals surface area contributed by atoms with Gasteiger partial charge in [-0.15, -0.1) is 0 Å². The largest absolute Gasteiger partial charge is 0.389 e. The van der Waals surface area contributed by atoms with Crippen molar-refractivity contribution in [2.75, 3.05) is 25.7 Å². The van der Waals surface area contributed by atoms with Crippen molar-refractivity contribution in [3.63, 3.8) is 0 Å². The molecule has 0 heterocycles. The molecule has 0 bridgehead atoms. The zero-order chi connectivity index (χ0) is 12.1. The molecule has 0 aliphatic carbocycles. The average Bonchev–Trinajstić information content (AvgIpc) is 2.28. The van der Waals surface area contributed by atoms with Crippen molar-refractivity contribution in [2.45, 2.75) is 26.0 Å².